The van der Waals surface area contributed by atoms with E-state index in [1.807, 2.05) is 12.1 Å². The summed E-state index contributed by atoms with van der Waals surface area (Å²) in [5, 5.41) is 10.6. The van der Waals surface area contributed by atoms with E-state index in [2.05, 4.69) is 4.90 Å². The lowest BCUT2D eigenvalue weighted by Gasteiger charge is -2.16. The highest BCUT2D eigenvalue weighted by Gasteiger charge is 2.20. The fourth-order valence-corrected chi connectivity index (χ4v) is 2.25. The number of aliphatic hydroxyl groups is 1. The van der Waals surface area contributed by atoms with E-state index in [9.17, 15) is 5.11 Å². The minimum Gasteiger partial charge on any atom is -0.392 e. The van der Waals surface area contributed by atoms with Gasteiger partial charge in [-0.25, -0.2) is 0 Å². The predicted molar refractivity (Wildman–Crippen MR) is 62.4 cm³/mol. The molecule has 1 aliphatic heterocycles. The van der Waals surface area contributed by atoms with E-state index in [1.54, 1.807) is 6.07 Å². The first-order chi connectivity index (χ1) is 7.16. The van der Waals surface area contributed by atoms with Crippen LogP contribution in [-0.2, 0) is 6.54 Å². The zero-order valence-electron chi connectivity index (χ0n) is 8.29. The van der Waals surface area contributed by atoms with Crippen LogP contribution in [0.2, 0.25) is 10.0 Å². The Bertz CT molecular complexity index is 356. The van der Waals surface area contributed by atoms with Crippen LogP contribution in [0.15, 0.2) is 18.2 Å². The summed E-state index contributed by atoms with van der Waals surface area (Å²) in [5.74, 6) is 0. The van der Waals surface area contributed by atoms with Gasteiger partial charge in [-0.1, -0.05) is 35.3 Å². The van der Waals surface area contributed by atoms with Gasteiger partial charge in [0.2, 0.25) is 0 Å². The zero-order chi connectivity index (χ0) is 10.8. The number of likely N-dealkylation sites (tertiary alicyclic amines) is 1. The monoisotopic (exact) mass is 245 g/mol. The molecule has 0 spiro atoms. The molecule has 1 aromatic rings. The van der Waals surface area contributed by atoms with Crippen LogP contribution in [0, 0.1) is 0 Å². The molecule has 1 fully saturated rings. The van der Waals surface area contributed by atoms with E-state index >= 15 is 0 Å². The SMILES string of the molecule is O[C@H]1CCN(Cc2cccc(Cl)c2Cl)C1. The molecule has 1 heterocycles. The van der Waals surface area contributed by atoms with Gasteiger partial charge >= 0.3 is 0 Å². The van der Waals surface area contributed by atoms with Crippen molar-refractivity contribution in [3.05, 3.63) is 33.8 Å². The van der Waals surface area contributed by atoms with Gasteiger partial charge in [-0.3, -0.25) is 4.90 Å². The Hall–Kier alpha value is -0.280. The molecule has 1 saturated heterocycles. The molecule has 1 aromatic carbocycles. The van der Waals surface area contributed by atoms with Crippen molar-refractivity contribution in [3.8, 4) is 0 Å². The van der Waals surface area contributed by atoms with Gasteiger partial charge in [0.15, 0.2) is 0 Å². The minimum absolute atomic E-state index is 0.192. The first kappa shape index (κ1) is 11.2. The van der Waals surface area contributed by atoms with Crippen molar-refractivity contribution in [2.24, 2.45) is 0 Å². The highest BCUT2D eigenvalue weighted by molar-refractivity contribution is 6.42. The molecule has 1 aliphatic rings. The second kappa shape index (κ2) is 4.71. The maximum Gasteiger partial charge on any atom is 0.0679 e. The Balaban J connectivity index is 2.07. The van der Waals surface area contributed by atoms with Gasteiger partial charge in [0.25, 0.3) is 0 Å². The molecule has 82 valence electrons. The largest absolute Gasteiger partial charge is 0.392 e. The number of hydrogen-bond donors (Lipinski definition) is 1. The Kier molecular flexibility index (Phi) is 3.52. The number of hydrogen-bond acceptors (Lipinski definition) is 2. The van der Waals surface area contributed by atoms with Gasteiger partial charge in [-0.05, 0) is 18.1 Å². The molecule has 1 N–H and O–H groups in total. The quantitative estimate of drug-likeness (QED) is 0.866. The molecule has 2 rings (SSSR count). The predicted octanol–water partition coefficient (Wildman–Crippen LogP) is 2.56. The van der Waals surface area contributed by atoms with E-state index in [0.29, 0.717) is 10.0 Å². The lowest BCUT2D eigenvalue weighted by atomic mass is 10.2. The summed E-state index contributed by atoms with van der Waals surface area (Å²) < 4.78 is 0. The maximum absolute atomic E-state index is 9.40. The van der Waals surface area contributed by atoms with Crippen LogP contribution in [0.25, 0.3) is 0 Å². The number of nitrogens with zero attached hydrogens (tertiary/aromatic N) is 1. The van der Waals surface area contributed by atoms with Crippen LogP contribution in [0.1, 0.15) is 12.0 Å². The van der Waals surface area contributed by atoms with Gasteiger partial charge in [0.1, 0.15) is 0 Å². The van der Waals surface area contributed by atoms with Crippen molar-refractivity contribution in [2.45, 2.75) is 19.1 Å². The molecule has 4 heteroatoms. The Morgan fingerprint density at radius 3 is 2.87 bits per heavy atom. The third-order valence-corrected chi connectivity index (χ3v) is 3.53. The number of aliphatic hydroxyl groups excluding tert-OH is 1. The molecular weight excluding hydrogens is 233 g/mol. The van der Waals surface area contributed by atoms with Crippen LogP contribution in [0.3, 0.4) is 0 Å². The molecule has 0 aliphatic carbocycles. The summed E-state index contributed by atoms with van der Waals surface area (Å²) in [7, 11) is 0. The average molecular weight is 246 g/mol. The summed E-state index contributed by atoms with van der Waals surface area (Å²) >= 11 is 12.0. The minimum atomic E-state index is -0.192. The van der Waals surface area contributed by atoms with Crippen LogP contribution in [-0.4, -0.2) is 29.2 Å². The van der Waals surface area contributed by atoms with E-state index < -0.39 is 0 Å². The normalized spacial score (nSPS) is 22.2. The van der Waals surface area contributed by atoms with Gasteiger partial charge in [0, 0.05) is 19.6 Å². The van der Waals surface area contributed by atoms with Crippen molar-refractivity contribution in [3.63, 3.8) is 0 Å². The van der Waals surface area contributed by atoms with E-state index in [4.69, 9.17) is 23.2 Å². The summed E-state index contributed by atoms with van der Waals surface area (Å²) in [6.45, 7) is 2.41. The fraction of sp³-hybridized carbons (Fsp3) is 0.455. The van der Waals surface area contributed by atoms with Gasteiger partial charge in [-0.2, -0.15) is 0 Å². The first-order valence-corrected chi connectivity index (χ1v) is 5.75. The molecule has 2 nitrogen and oxygen atoms in total. The van der Waals surface area contributed by atoms with Crippen LogP contribution in [0.5, 0.6) is 0 Å². The fourth-order valence-electron chi connectivity index (χ4n) is 1.87. The molecular formula is C11H13Cl2NO. The summed E-state index contributed by atoms with van der Waals surface area (Å²) in [6, 6.07) is 5.65. The molecule has 0 radical (unpaired) electrons. The number of halogens is 2. The summed E-state index contributed by atoms with van der Waals surface area (Å²) in [5.41, 5.74) is 1.03. The third-order valence-electron chi connectivity index (χ3n) is 2.67. The Morgan fingerprint density at radius 1 is 1.40 bits per heavy atom. The molecule has 0 unspecified atom stereocenters. The lowest BCUT2D eigenvalue weighted by Crippen LogP contribution is -2.21. The van der Waals surface area contributed by atoms with E-state index in [-0.39, 0.29) is 6.10 Å². The Labute approximate surface area is 99.4 Å². The number of rotatable bonds is 2. The molecule has 15 heavy (non-hydrogen) atoms. The standard InChI is InChI=1S/C11H13Cl2NO/c12-10-3-1-2-8(11(10)13)6-14-5-4-9(15)7-14/h1-3,9,15H,4-7H2/t9-/m0/s1. The number of β-amino-alcohol motifs (C(OH)–C–C–N with tert-alkyl or cyclic N) is 1. The second-order valence-corrected chi connectivity index (χ2v) is 4.68. The van der Waals surface area contributed by atoms with Crippen molar-refractivity contribution in [2.75, 3.05) is 13.1 Å². The van der Waals surface area contributed by atoms with Gasteiger partial charge < -0.3 is 5.11 Å². The molecule has 0 amide bonds. The topological polar surface area (TPSA) is 23.5 Å². The van der Waals surface area contributed by atoms with Gasteiger partial charge in [-0.15, -0.1) is 0 Å². The lowest BCUT2D eigenvalue weighted by molar-refractivity contribution is 0.175. The van der Waals surface area contributed by atoms with Crippen molar-refractivity contribution in [1.29, 1.82) is 0 Å². The van der Waals surface area contributed by atoms with E-state index in [1.165, 1.54) is 0 Å². The van der Waals surface area contributed by atoms with Crippen molar-refractivity contribution >= 4 is 23.2 Å². The first-order valence-electron chi connectivity index (χ1n) is 5.00. The smallest absolute Gasteiger partial charge is 0.0679 e. The van der Waals surface area contributed by atoms with Crippen molar-refractivity contribution < 1.29 is 5.11 Å². The third kappa shape index (κ3) is 2.64. The molecule has 0 saturated carbocycles. The highest BCUT2D eigenvalue weighted by Crippen LogP contribution is 2.27. The molecule has 0 bridgehead atoms. The molecule has 1 atom stereocenters. The Morgan fingerprint density at radius 2 is 2.20 bits per heavy atom. The van der Waals surface area contributed by atoms with Crippen LogP contribution in [0.4, 0.5) is 0 Å². The van der Waals surface area contributed by atoms with Crippen LogP contribution >= 0.6 is 23.2 Å². The highest BCUT2D eigenvalue weighted by atomic mass is 35.5. The zero-order valence-corrected chi connectivity index (χ0v) is 9.80. The summed E-state index contributed by atoms with van der Waals surface area (Å²) in [6.07, 6.45) is 0.654. The second-order valence-electron chi connectivity index (χ2n) is 3.89. The molecule has 0 aromatic heterocycles. The van der Waals surface area contributed by atoms with Crippen molar-refractivity contribution in [1.82, 2.24) is 4.90 Å². The average Bonchev–Trinajstić information content (AvgIpc) is 2.59. The number of benzene rings is 1. The summed E-state index contributed by atoms with van der Waals surface area (Å²) in [4.78, 5) is 2.18. The van der Waals surface area contributed by atoms with Gasteiger partial charge in [0.05, 0.1) is 16.1 Å². The maximum atomic E-state index is 9.40. The van der Waals surface area contributed by atoms with E-state index in [0.717, 1.165) is 31.6 Å². The van der Waals surface area contributed by atoms with Crippen LogP contribution < -0.4 is 0 Å².